The van der Waals surface area contributed by atoms with Crippen LogP contribution in [0.4, 0.5) is 16.3 Å². The summed E-state index contributed by atoms with van der Waals surface area (Å²) in [5.41, 5.74) is 11.1. The molecule has 8 heteroatoms. The first-order valence-corrected chi connectivity index (χ1v) is 5.65. The number of nitrogens with two attached hydrogens (primary N) is 2. The smallest absolute Gasteiger partial charge is 0.312 e. The first-order valence-electron chi connectivity index (χ1n) is 5.65. The van der Waals surface area contributed by atoms with E-state index in [1.54, 1.807) is 0 Å². The number of hydrogen-bond acceptors (Lipinski definition) is 6. The number of carbonyl (C=O) groups excluding carboxylic acids is 1. The Kier molecular flexibility index (Phi) is 5.49. The maximum Gasteiger partial charge on any atom is 0.312 e. The largest absolute Gasteiger partial charge is 0.476 e. The summed E-state index contributed by atoms with van der Waals surface area (Å²) in [6, 6.07) is -0.570. The second-order valence-corrected chi connectivity index (χ2v) is 3.51. The quantitative estimate of drug-likeness (QED) is 0.504. The van der Waals surface area contributed by atoms with Gasteiger partial charge in [-0.3, -0.25) is 0 Å². The van der Waals surface area contributed by atoms with Crippen molar-refractivity contribution in [2.45, 2.75) is 13.3 Å². The summed E-state index contributed by atoms with van der Waals surface area (Å²) in [6.07, 6.45) is 2.24. The molecular weight excluding hydrogens is 236 g/mol. The van der Waals surface area contributed by atoms with E-state index in [4.69, 9.17) is 16.2 Å². The van der Waals surface area contributed by atoms with Crippen molar-refractivity contribution in [1.82, 2.24) is 15.3 Å². The van der Waals surface area contributed by atoms with Gasteiger partial charge in [-0.2, -0.15) is 4.98 Å². The van der Waals surface area contributed by atoms with Crippen molar-refractivity contribution in [2.75, 3.05) is 30.7 Å². The minimum Gasteiger partial charge on any atom is -0.476 e. The summed E-state index contributed by atoms with van der Waals surface area (Å²) in [6.45, 7) is 3.37. The normalized spacial score (nSPS) is 9.83. The lowest BCUT2D eigenvalue weighted by Gasteiger charge is -2.11. The van der Waals surface area contributed by atoms with Gasteiger partial charge in [-0.1, -0.05) is 6.92 Å². The second kappa shape index (κ2) is 7.15. The molecule has 0 fully saturated rings. The van der Waals surface area contributed by atoms with Crippen LogP contribution in [0, 0.1) is 0 Å². The fourth-order valence-corrected chi connectivity index (χ4v) is 1.20. The highest BCUT2D eigenvalue weighted by Gasteiger charge is 2.08. The Morgan fingerprint density at radius 3 is 2.89 bits per heavy atom. The number of aromatic nitrogens is 2. The van der Waals surface area contributed by atoms with Crippen LogP contribution in [0.1, 0.15) is 13.3 Å². The van der Waals surface area contributed by atoms with Gasteiger partial charge < -0.3 is 26.8 Å². The Balaban J connectivity index is 2.52. The maximum absolute atomic E-state index is 10.5. The maximum atomic E-state index is 10.5. The number of carbonyl (C=O) groups is 1. The zero-order valence-electron chi connectivity index (χ0n) is 10.3. The van der Waals surface area contributed by atoms with Crippen molar-refractivity contribution in [1.29, 1.82) is 0 Å². The van der Waals surface area contributed by atoms with Crippen molar-refractivity contribution in [3.63, 3.8) is 0 Å². The van der Waals surface area contributed by atoms with Crippen LogP contribution < -0.4 is 26.8 Å². The van der Waals surface area contributed by atoms with E-state index in [2.05, 4.69) is 20.6 Å². The molecule has 0 aliphatic rings. The van der Waals surface area contributed by atoms with Gasteiger partial charge in [-0.05, 0) is 6.42 Å². The molecule has 0 aliphatic heterocycles. The molecule has 0 saturated heterocycles. The van der Waals surface area contributed by atoms with Gasteiger partial charge in [0.05, 0.1) is 6.61 Å². The molecule has 0 saturated carbocycles. The molecule has 1 rings (SSSR count). The Morgan fingerprint density at radius 1 is 1.44 bits per heavy atom. The molecule has 1 aromatic heterocycles. The number of anilines is 2. The summed E-state index contributed by atoms with van der Waals surface area (Å²) in [5.74, 6) is 0.833. The van der Waals surface area contributed by atoms with Gasteiger partial charge >= 0.3 is 6.03 Å². The standard InChI is InChI=1S/C10H18N6O2/c1-2-5-18-9-7(11)8(15-6-16-9)13-3-4-14-10(12)17/h6H,2-5,11H2,1H3,(H3,12,14,17)(H,13,15,16). The van der Waals surface area contributed by atoms with Gasteiger partial charge in [-0.25, -0.2) is 9.78 Å². The van der Waals surface area contributed by atoms with Crippen molar-refractivity contribution in [3.05, 3.63) is 6.33 Å². The molecule has 0 bridgehead atoms. The number of amides is 2. The van der Waals surface area contributed by atoms with E-state index in [0.717, 1.165) is 6.42 Å². The lowest BCUT2D eigenvalue weighted by molar-refractivity contribution is 0.249. The molecule has 1 aromatic rings. The van der Waals surface area contributed by atoms with Crippen LogP contribution in [0.3, 0.4) is 0 Å². The number of nitrogen functional groups attached to an aromatic ring is 1. The van der Waals surface area contributed by atoms with E-state index in [1.807, 2.05) is 6.92 Å². The number of urea groups is 1. The number of nitrogens with one attached hydrogen (secondary N) is 2. The molecular formula is C10H18N6O2. The molecule has 8 nitrogen and oxygen atoms in total. The third-order valence-corrected chi connectivity index (χ3v) is 2.01. The van der Waals surface area contributed by atoms with E-state index in [9.17, 15) is 4.79 Å². The van der Waals surface area contributed by atoms with Crippen LogP contribution in [0.25, 0.3) is 0 Å². The summed E-state index contributed by atoms with van der Waals surface area (Å²) in [4.78, 5) is 18.4. The van der Waals surface area contributed by atoms with E-state index >= 15 is 0 Å². The van der Waals surface area contributed by atoms with Gasteiger partial charge in [0.1, 0.15) is 12.0 Å². The zero-order valence-corrected chi connectivity index (χ0v) is 10.3. The second-order valence-electron chi connectivity index (χ2n) is 3.51. The summed E-state index contributed by atoms with van der Waals surface area (Å²) in [5, 5.41) is 5.40. The third kappa shape index (κ3) is 4.32. The molecule has 100 valence electrons. The molecule has 6 N–H and O–H groups in total. The van der Waals surface area contributed by atoms with Gasteiger partial charge in [0, 0.05) is 13.1 Å². The van der Waals surface area contributed by atoms with Crippen LogP contribution in [-0.2, 0) is 0 Å². The minimum absolute atomic E-state index is 0.352. The van der Waals surface area contributed by atoms with Gasteiger partial charge in [0.25, 0.3) is 0 Å². The van der Waals surface area contributed by atoms with Crippen molar-refractivity contribution in [3.8, 4) is 5.88 Å². The molecule has 2 amide bonds. The highest BCUT2D eigenvalue weighted by atomic mass is 16.5. The average molecular weight is 254 g/mol. The lowest BCUT2D eigenvalue weighted by atomic mass is 10.4. The number of nitrogens with zero attached hydrogens (tertiary/aromatic N) is 2. The Bertz CT molecular complexity index is 398. The van der Waals surface area contributed by atoms with Crippen LogP contribution in [0.15, 0.2) is 6.33 Å². The Labute approximate surface area is 105 Å². The van der Waals surface area contributed by atoms with Gasteiger partial charge in [0.15, 0.2) is 5.82 Å². The predicted molar refractivity (Wildman–Crippen MR) is 68.3 cm³/mol. The number of hydrogen-bond donors (Lipinski definition) is 4. The topological polar surface area (TPSA) is 128 Å². The van der Waals surface area contributed by atoms with E-state index in [1.165, 1.54) is 6.33 Å². The van der Waals surface area contributed by atoms with E-state index < -0.39 is 6.03 Å². The molecule has 0 unspecified atom stereocenters. The van der Waals surface area contributed by atoms with Crippen molar-refractivity contribution >= 4 is 17.5 Å². The number of ether oxygens (including phenoxy) is 1. The average Bonchev–Trinajstić information content (AvgIpc) is 2.34. The highest BCUT2D eigenvalue weighted by Crippen LogP contribution is 2.24. The molecule has 0 aliphatic carbocycles. The fraction of sp³-hybridized carbons (Fsp3) is 0.500. The molecule has 0 atom stereocenters. The van der Waals surface area contributed by atoms with Crippen LogP contribution in [0.2, 0.25) is 0 Å². The van der Waals surface area contributed by atoms with Crippen LogP contribution in [0.5, 0.6) is 5.88 Å². The van der Waals surface area contributed by atoms with Crippen LogP contribution in [-0.4, -0.2) is 35.7 Å². The highest BCUT2D eigenvalue weighted by molar-refractivity contribution is 5.71. The summed E-state index contributed by atoms with van der Waals surface area (Å²) in [7, 11) is 0. The summed E-state index contributed by atoms with van der Waals surface area (Å²) < 4.78 is 5.37. The van der Waals surface area contributed by atoms with Crippen LogP contribution >= 0.6 is 0 Å². The zero-order chi connectivity index (χ0) is 13.4. The monoisotopic (exact) mass is 254 g/mol. The number of rotatable bonds is 7. The molecule has 1 heterocycles. The van der Waals surface area contributed by atoms with E-state index in [-0.39, 0.29) is 0 Å². The van der Waals surface area contributed by atoms with Crippen molar-refractivity contribution in [2.24, 2.45) is 5.73 Å². The predicted octanol–water partition coefficient (Wildman–Crippen LogP) is -0.0722. The third-order valence-electron chi connectivity index (χ3n) is 2.01. The van der Waals surface area contributed by atoms with Gasteiger partial charge in [0.2, 0.25) is 5.88 Å². The fourth-order valence-electron chi connectivity index (χ4n) is 1.20. The molecule has 0 spiro atoms. The Hall–Kier alpha value is -2.25. The molecule has 18 heavy (non-hydrogen) atoms. The molecule has 0 radical (unpaired) electrons. The summed E-state index contributed by atoms with van der Waals surface area (Å²) >= 11 is 0. The first kappa shape index (κ1) is 13.8. The van der Waals surface area contributed by atoms with Crippen molar-refractivity contribution < 1.29 is 9.53 Å². The van der Waals surface area contributed by atoms with E-state index in [0.29, 0.717) is 37.1 Å². The number of primary amides is 1. The minimum atomic E-state index is -0.570. The SMILES string of the molecule is CCCOc1ncnc(NCCNC(N)=O)c1N. The van der Waals surface area contributed by atoms with Gasteiger partial charge in [-0.15, -0.1) is 0 Å². The lowest BCUT2D eigenvalue weighted by Crippen LogP contribution is -2.33. The first-order chi connectivity index (χ1) is 8.65. The molecule has 0 aromatic carbocycles. The Morgan fingerprint density at radius 2 is 2.22 bits per heavy atom.